The lowest BCUT2D eigenvalue weighted by atomic mass is 10.0. The molecule has 3 rings (SSSR count). The van der Waals surface area contributed by atoms with Crippen LogP contribution in [0.5, 0.6) is 0 Å². The van der Waals surface area contributed by atoms with Crippen molar-refractivity contribution in [2.75, 3.05) is 13.1 Å². The van der Waals surface area contributed by atoms with Gasteiger partial charge in [-0.25, -0.2) is 0 Å². The maximum absolute atomic E-state index is 13.0. The molecule has 0 saturated carbocycles. The van der Waals surface area contributed by atoms with E-state index < -0.39 is 0 Å². The van der Waals surface area contributed by atoms with Gasteiger partial charge in [0.25, 0.3) is 5.91 Å². The summed E-state index contributed by atoms with van der Waals surface area (Å²) in [5, 5.41) is 4.62. The zero-order valence-electron chi connectivity index (χ0n) is 16.7. The Labute approximate surface area is 152 Å². The van der Waals surface area contributed by atoms with Gasteiger partial charge in [-0.05, 0) is 73.3 Å². The Hall–Kier alpha value is -1.36. The van der Waals surface area contributed by atoms with Crippen LogP contribution in [0.3, 0.4) is 0 Å². The van der Waals surface area contributed by atoms with Crippen molar-refractivity contribution in [3.8, 4) is 0 Å². The molecule has 140 valence electrons. The Morgan fingerprint density at radius 2 is 1.80 bits per heavy atom. The smallest absolute Gasteiger partial charge is 0.274 e. The van der Waals surface area contributed by atoms with Gasteiger partial charge in [0.1, 0.15) is 0 Å². The minimum Gasteiger partial charge on any atom is -0.336 e. The average Bonchev–Trinajstić information content (AvgIpc) is 3.09. The van der Waals surface area contributed by atoms with E-state index in [1.165, 1.54) is 19.3 Å². The van der Waals surface area contributed by atoms with Crippen molar-refractivity contribution in [1.82, 2.24) is 19.6 Å². The van der Waals surface area contributed by atoms with Crippen LogP contribution in [0.4, 0.5) is 0 Å². The van der Waals surface area contributed by atoms with E-state index in [2.05, 4.69) is 44.6 Å². The molecule has 0 radical (unpaired) electrons. The molecule has 2 aliphatic heterocycles. The second-order valence-corrected chi connectivity index (χ2v) is 9.02. The highest BCUT2D eigenvalue weighted by Gasteiger charge is 2.37. The van der Waals surface area contributed by atoms with Crippen molar-refractivity contribution >= 4 is 5.91 Å². The summed E-state index contributed by atoms with van der Waals surface area (Å²) in [5.74, 6) is 0.0929. The number of likely N-dealkylation sites (tertiary alicyclic amines) is 2. The van der Waals surface area contributed by atoms with E-state index in [0.717, 1.165) is 25.2 Å². The predicted octanol–water partition coefficient (Wildman–Crippen LogP) is 3.42. The van der Waals surface area contributed by atoms with E-state index in [1.54, 1.807) is 0 Å². The Kier molecular flexibility index (Phi) is 4.97. The number of carbonyl (C=O) groups excluding carboxylic acids is 1. The fourth-order valence-corrected chi connectivity index (χ4v) is 4.74. The largest absolute Gasteiger partial charge is 0.336 e. The van der Waals surface area contributed by atoms with Crippen LogP contribution in [0.15, 0.2) is 6.07 Å². The van der Waals surface area contributed by atoms with E-state index in [-0.39, 0.29) is 11.4 Å². The van der Waals surface area contributed by atoms with Gasteiger partial charge in [0.15, 0.2) is 5.69 Å². The Morgan fingerprint density at radius 3 is 2.36 bits per heavy atom. The molecule has 0 N–H and O–H groups in total. The number of hydrogen-bond acceptors (Lipinski definition) is 3. The van der Waals surface area contributed by atoms with Crippen LogP contribution in [0, 0.1) is 6.92 Å². The number of rotatable bonds is 2. The van der Waals surface area contributed by atoms with Crippen LogP contribution in [0.2, 0.25) is 0 Å². The lowest BCUT2D eigenvalue weighted by molar-refractivity contribution is 0.0481. The van der Waals surface area contributed by atoms with E-state index in [1.807, 2.05) is 22.6 Å². The molecule has 5 nitrogen and oxygen atoms in total. The summed E-state index contributed by atoms with van der Waals surface area (Å²) in [6, 6.07) is 3.71. The minimum atomic E-state index is -0.104. The number of piperidine rings is 1. The molecule has 0 unspecified atom stereocenters. The van der Waals surface area contributed by atoms with Crippen molar-refractivity contribution in [2.45, 2.75) is 90.9 Å². The molecule has 1 aromatic heterocycles. The maximum atomic E-state index is 13.0. The lowest BCUT2D eigenvalue weighted by Crippen LogP contribution is -2.52. The highest BCUT2D eigenvalue weighted by Crippen LogP contribution is 2.30. The van der Waals surface area contributed by atoms with Crippen LogP contribution >= 0.6 is 0 Å². The van der Waals surface area contributed by atoms with Crippen LogP contribution in [0.1, 0.15) is 76.5 Å². The molecule has 0 aliphatic carbocycles. The number of carbonyl (C=O) groups is 1. The zero-order chi connectivity index (χ0) is 18.4. The van der Waals surface area contributed by atoms with Gasteiger partial charge in [0.2, 0.25) is 0 Å². The predicted molar refractivity (Wildman–Crippen MR) is 101 cm³/mol. The van der Waals surface area contributed by atoms with Gasteiger partial charge in [0.05, 0.1) is 5.54 Å². The number of aromatic nitrogens is 2. The molecule has 2 saturated heterocycles. The van der Waals surface area contributed by atoms with E-state index in [4.69, 9.17) is 0 Å². The number of hydrogen-bond donors (Lipinski definition) is 0. The first-order chi connectivity index (χ1) is 11.7. The quantitative estimate of drug-likeness (QED) is 0.824. The van der Waals surface area contributed by atoms with Gasteiger partial charge in [-0.3, -0.25) is 14.4 Å². The van der Waals surface area contributed by atoms with Gasteiger partial charge in [-0.2, -0.15) is 5.10 Å². The Morgan fingerprint density at radius 1 is 1.16 bits per heavy atom. The molecule has 0 spiro atoms. The average molecular weight is 347 g/mol. The summed E-state index contributed by atoms with van der Waals surface area (Å²) < 4.78 is 1.96. The monoisotopic (exact) mass is 346 g/mol. The molecule has 5 heteroatoms. The first-order valence-corrected chi connectivity index (χ1v) is 9.82. The first-order valence-electron chi connectivity index (χ1n) is 9.82. The topological polar surface area (TPSA) is 41.4 Å². The Balaban J connectivity index is 1.74. The van der Waals surface area contributed by atoms with Gasteiger partial charge >= 0.3 is 0 Å². The SMILES string of the molecule is Cc1cc(C(=O)N2CCC[C@H](N3[C@@H](C)CC[C@@H]3C)C2)nn1C(C)(C)C. The maximum Gasteiger partial charge on any atom is 0.274 e. The van der Waals surface area contributed by atoms with Gasteiger partial charge in [-0.1, -0.05) is 0 Å². The molecule has 0 bridgehead atoms. The van der Waals surface area contributed by atoms with Crippen LogP contribution < -0.4 is 0 Å². The molecular weight excluding hydrogens is 312 g/mol. The van der Waals surface area contributed by atoms with E-state index in [9.17, 15) is 4.79 Å². The first kappa shape index (κ1) is 18.4. The minimum absolute atomic E-state index is 0.0929. The highest BCUT2D eigenvalue weighted by atomic mass is 16.2. The van der Waals surface area contributed by atoms with Crippen molar-refractivity contribution < 1.29 is 4.79 Å². The summed E-state index contributed by atoms with van der Waals surface area (Å²) in [7, 11) is 0. The molecule has 3 heterocycles. The fraction of sp³-hybridized carbons (Fsp3) is 0.800. The zero-order valence-corrected chi connectivity index (χ0v) is 16.7. The summed E-state index contributed by atoms with van der Waals surface area (Å²) in [5.41, 5.74) is 1.54. The standard InChI is InChI=1S/C20H34N4O/c1-14-9-10-15(2)23(14)17-8-7-11-22(13-17)19(25)18-12-16(3)24(21-18)20(4,5)6/h12,14-15,17H,7-11,13H2,1-6H3/t14-,15-,17-/m0/s1. The van der Waals surface area contributed by atoms with Gasteiger partial charge < -0.3 is 4.90 Å². The molecule has 0 aromatic carbocycles. The number of aryl methyl sites for hydroxylation is 1. The molecule has 2 fully saturated rings. The summed E-state index contributed by atoms with van der Waals surface area (Å²) in [6.45, 7) is 14.7. The number of amides is 1. The third-order valence-corrected chi connectivity index (χ3v) is 5.87. The normalized spacial score (nSPS) is 28.6. The molecule has 1 amide bonds. The van der Waals surface area contributed by atoms with Crippen LogP contribution in [0.25, 0.3) is 0 Å². The molecule has 3 atom stereocenters. The summed E-state index contributed by atoms with van der Waals surface area (Å²) in [4.78, 5) is 17.7. The second-order valence-electron chi connectivity index (χ2n) is 9.02. The van der Waals surface area contributed by atoms with Crippen molar-refractivity contribution in [1.29, 1.82) is 0 Å². The van der Waals surface area contributed by atoms with E-state index in [0.29, 0.717) is 23.8 Å². The van der Waals surface area contributed by atoms with Gasteiger partial charge in [0, 0.05) is 36.9 Å². The third-order valence-electron chi connectivity index (χ3n) is 5.87. The second kappa shape index (κ2) is 6.75. The summed E-state index contributed by atoms with van der Waals surface area (Å²) >= 11 is 0. The third kappa shape index (κ3) is 3.62. The lowest BCUT2D eigenvalue weighted by Gasteiger charge is -2.41. The molecule has 2 aliphatic rings. The van der Waals surface area contributed by atoms with Crippen LogP contribution in [-0.2, 0) is 5.54 Å². The van der Waals surface area contributed by atoms with Crippen molar-refractivity contribution in [3.63, 3.8) is 0 Å². The Bertz CT molecular complexity index is 620. The number of nitrogens with zero attached hydrogens (tertiary/aromatic N) is 4. The highest BCUT2D eigenvalue weighted by molar-refractivity contribution is 5.92. The van der Waals surface area contributed by atoms with Gasteiger partial charge in [-0.15, -0.1) is 0 Å². The fourth-order valence-electron chi connectivity index (χ4n) is 4.74. The van der Waals surface area contributed by atoms with Crippen molar-refractivity contribution in [2.24, 2.45) is 0 Å². The molecular formula is C20H34N4O. The summed E-state index contributed by atoms with van der Waals surface area (Å²) in [6.07, 6.45) is 4.85. The molecule has 1 aromatic rings. The molecule has 25 heavy (non-hydrogen) atoms. The van der Waals surface area contributed by atoms with Crippen LogP contribution in [-0.4, -0.2) is 56.7 Å². The van der Waals surface area contributed by atoms with Crippen molar-refractivity contribution in [3.05, 3.63) is 17.5 Å². The van der Waals surface area contributed by atoms with E-state index >= 15 is 0 Å².